The summed E-state index contributed by atoms with van der Waals surface area (Å²) in [6, 6.07) is 17.0. The zero-order chi connectivity index (χ0) is 15.2. The van der Waals surface area contributed by atoms with E-state index in [0.29, 0.717) is 6.54 Å². The smallest absolute Gasteiger partial charge is 0.121 e. The summed E-state index contributed by atoms with van der Waals surface area (Å²) in [6.07, 6.45) is 0. The fraction of sp³-hybridized carbons (Fsp3) is 0.333. The molecule has 112 valence electrons. The van der Waals surface area contributed by atoms with E-state index in [0.717, 1.165) is 11.3 Å². The van der Waals surface area contributed by atoms with E-state index in [2.05, 4.69) is 55.6 Å². The van der Waals surface area contributed by atoms with E-state index in [-0.39, 0.29) is 12.1 Å². The van der Waals surface area contributed by atoms with E-state index in [9.17, 15) is 0 Å². The molecule has 2 rings (SSSR count). The first-order valence-electron chi connectivity index (χ1n) is 7.31. The van der Waals surface area contributed by atoms with Crippen LogP contribution in [-0.4, -0.2) is 13.7 Å². The van der Waals surface area contributed by atoms with Crippen LogP contribution in [0.3, 0.4) is 0 Å². The minimum absolute atomic E-state index is 0.129. The summed E-state index contributed by atoms with van der Waals surface area (Å²) in [5, 5.41) is 3.60. The van der Waals surface area contributed by atoms with Crippen molar-refractivity contribution in [2.24, 2.45) is 5.73 Å². The highest BCUT2D eigenvalue weighted by Gasteiger charge is 2.14. The molecule has 0 radical (unpaired) electrons. The fourth-order valence-corrected chi connectivity index (χ4v) is 2.56. The lowest BCUT2D eigenvalue weighted by atomic mass is 10.0. The second-order valence-electron chi connectivity index (χ2n) is 5.32. The maximum absolute atomic E-state index is 5.96. The summed E-state index contributed by atoms with van der Waals surface area (Å²) in [4.78, 5) is 0. The van der Waals surface area contributed by atoms with Gasteiger partial charge >= 0.3 is 0 Å². The Morgan fingerprint density at radius 2 is 1.81 bits per heavy atom. The van der Waals surface area contributed by atoms with Gasteiger partial charge in [0.15, 0.2) is 0 Å². The molecule has 0 aliphatic heterocycles. The SMILES string of the molecule is COc1ccc(C(CN)NC(C)c2ccccc2)cc1C. The predicted octanol–water partition coefficient (Wildman–Crippen LogP) is 3.35. The zero-order valence-corrected chi connectivity index (χ0v) is 13.0. The third-order valence-corrected chi connectivity index (χ3v) is 3.81. The van der Waals surface area contributed by atoms with Crippen LogP contribution in [-0.2, 0) is 0 Å². The maximum Gasteiger partial charge on any atom is 0.121 e. The molecule has 0 spiro atoms. The Labute approximate surface area is 127 Å². The average molecular weight is 284 g/mol. The largest absolute Gasteiger partial charge is 0.496 e. The van der Waals surface area contributed by atoms with E-state index in [1.54, 1.807) is 7.11 Å². The van der Waals surface area contributed by atoms with Gasteiger partial charge in [-0.2, -0.15) is 0 Å². The molecule has 21 heavy (non-hydrogen) atoms. The molecule has 2 unspecified atom stereocenters. The highest BCUT2D eigenvalue weighted by molar-refractivity contribution is 5.37. The molecule has 2 aromatic rings. The van der Waals surface area contributed by atoms with Crippen molar-refractivity contribution in [3.63, 3.8) is 0 Å². The quantitative estimate of drug-likeness (QED) is 0.855. The number of benzene rings is 2. The first-order chi connectivity index (χ1) is 10.2. The van der Waals surface area contributed by atoms with Gasteiger partial charge < -0.3 is 15.8 Å². The van der Waals surface area contributed by atoms with Gasteiger partial charge in [0.2, 0.25) is 0 Å². The third kappa shape index (κ3) is 3.84. The standard InChI is InChI=1S/C18H24N2O/c1-13-11-16(9-10-18(13)21-3)17(12-19)20-14(2)15-7-5-4-6-8-15/h4-11,14,17,20H,12,19H2,1-3H3. The van der Waals surface area contributed by atoms with Gasteiger partial charge in [-0.05, 0) is 36.6 Å². The molecule has 0 fully saturated rings. The van der Waals surface area contributed by atoms with Gasteiger partial charge in [0.1, 0.15) is 5.75 Å². The van der Waals surface area contributed by atoms with Crippen molar-refractivity contribution in [2.75, 3.05) is 13.7 Å². The molecular weight excluding hydrogens is 260 g/mol. The molecule has 0 bridgehead atoms. The van der Waals surface area contributed by atoms with E-state index < -0.39 is 0 Å². The Bertz CT molecular complexity index is 569. The Balaban J connectivity index is 2.14. The number of hydrogen-bond acceptors (Lipinski definition) is 3. The summed E-state index contributed by atoms with van der Waals surface area (Å²) in [7, 11) is 1.69. The summed E-state index contributed by atoms with van der Waals surface area (Å²) >= 11 is 0. The van der Waals surface area contributed by atoms with E-state index in [4.69, 9.17) is 10.5 Å². The lowest BCUT2D eigenvalue weighted by Gasteiger charge is -2.23. The summed E-state index contributed by atoms with van der Waals surface area (Å²) in [6.45, 7) is 4.77. The Kier molecular flexibility index (Phi) is 5.37. The van der Waals surface area contributed by atoms with Crippen molar-refractivity contribution in [3.05, 3.63) is 65.2 Å². The van der Waals surface area contributed by atoms with Gasteiger partial charge in [0.05, 0.1) is 7.11 Å². The van der Waals surface area contributed by atoms with Gasteiger partial charge in [0, 0.05) is 18.6 Å². The topological polar surface area (TPSA) is 47.3 Å². The van der Waals surface area contributed by atoms with Crippen LogP contribution in [0.4, 0.5) is 0 Å². The van der Waals surface area contributed by atoms with Crippen LogP contribution in [0.5, 0.6) is 5.75 Å². The Morgan fingerprint density at radius 1 is 1.10 bits per heavy atom. The highest BCUT2D eigenvalue weighted by atomic mass is 16.5. The monoisotopic (exact) mass is 284 g/mol. The number of methoxy groups -OCH3 is 1. The van der Waals surface area contributed by atoms with Crippen LogP contribution in [0, 0.1) is 6.92 Å². The van der Waals surface area contributed by atoms with Crippen molar-refractivity contribution in [3.8, 4) is 5.75 Å². The van der Waals surface area contributed by atoms with Crippen LogP contribution >= 0.6 is 0 Å². The van der Waals surface area contributed by atoms with Crippen molar-refractivity contribution in [1.29, 1.82) is 0 Å². The summed E-state index contributed by atoms with van der Waals surface area (Å²) in [5.41, 5.74) is 9.54. The second-order valence-corrected chi connectivity index (χ2v) is 5.32. The number of rotatable bonds is 6. The third-order valence-electron chi connectivity index (χ3n) is 3.81. The van der Waals surface area contributed by atoms with E-state index >= 15 is 0 Å². The van der Waals surface area contributed by atoms with Crippen molar-refractivity contribution in [2.45, 2.75) is 25.9 Å². The van der Waals surface area contributed by atoms with Crippen LogP contribution < -0.4 is 15.8 Å². The molecule has 0 saturated carbocycles. The number of hydrogen-bond donors (Lipinski definition) is 2. The first kappa shape index (κ1) is 15.5. The maximum atomic E-state index is 5.96. The van der Waals surface area contributed by atoms with Gasteiger partial charge in [-0.1, -0.05) is 42.5 Å². The normalized spacial score (nSPS) is 13.7. The summed E-state index contributed by atoms with van der Waals surface area (Å²) in [5.74, 6) is 0.908. The molecule has 2 atom stereocenters. The minimum atomic E-state index is 0.129. The number of ether oxygens (including phenoxy) is 1. The van der Waals surface area contributed by atoms with Crippen LogP contribution in [0.25, 0.3) is 0 Å². The van der Waals surface area contributed by atoms with Crippen LogP contribution in [0.1, 0.15) is 35.7 Å². The molecule has 2 aromatic carbocycles. The fourth-order valence-electron chi connectivity index (χ4n) is 2.56. The summed E-state index contributed by atoms with van der Waals surface area (Å²) < 4.78 is 5.31. The Morgan fingerprint density at radius 3 is 2.38 bits per heavy atom. The molecule has 0 heterocycles. The van der Waals surface area contributed by atoms with E-state index in [1.165, 1.54) is 11.1 Å². The van der Waals surface area contributed by atoms with Crippen molar-refractivity contribution < 1.29 is 4.74 Å². The number of aryl methyl sites for hydroxylation is 1. The molecule has 3 nitrogen and oxygen atoms in total. The van der Waals surface area contributed by atoms with Gasteiger partial charge in [-0.3, -0.25) is 0 Å². The first-order valence-corrected chi connectivity index (χ1v) is 7.31. The molecule has 0 aliphatic carbocycles. The molecule has 0 aromatic heterocycles. The molecule has 3 N–H and O–H groups in total. The number of nitrogens with two attached hydrogens (primary N) is 1. The molecular formula is C18H24N2O. The molecule has 3 heteroatoms. The molecule has 0 amide bonds. The van der Waals surface area contributed by atoms with Gasteiger partial charge in [-0.25, -0.2) is 0 Å². The van der Waals surface area contributed by atoms with Gasteiger partial charge in [0.25, 0.3) is 0 Å². The van der Waals surface area contributed by atoms with Crippen LogP contribution in [0.2, 0.25) is 0 Å². The lowest BCUT2D eigenvalue weighted by Crippen LogP contribution is -2.30. The highest BCUT2D eigenvalue weighted by Crippen LogP contribution is 2.24. The molecule has 0 aliphatic rings. The van der Waals surface area contributed by atoms with E-state index in [1.807, 2.05) is 12.1 Å². The predicted molar refractivity (Wildman–Crippen MR) is 87.5 cm³/mol. The lowest BCUT2D eigenvalue weighted by molar-refractivity contribution is 0.410. The van der Waals surface area contributed by atoms with Gasteiger partial charge in [-0.15, -0.1) is 0 Å². The van der Waals surface area contributed by atoms with Crippen LogP contribution in [0.15, 0.2) is 48.5 Å². The average Bonchev–Trinajstić information content (AvgIpc) is 2.53. The minimum Gasteiger partial charge on any atom is -0.496 e. The van der Waals surface area contributed by atoms with Crippen molar-refractivity contribution in [1.82, 2.24) is 5.32 Å². The Hall–Kier alpha value is -1.84. The molecule has 0 saturated heterocycles. The number of nitrogens with one attached hydrogen (secondary N) is 1. The van der Waals surface area contributed by atoms with Crippen molar-refractivity contribution >= 4 is 0 Å². The zero-order valence-electron chi connectivity index (χ0n) is 13.0. The second kappa shape index (κ2) is 7.25.